The molecule has 9 nitrogen and oxygen atoms in total. The number of sulfonamides is 1. The molecule has 1 unspecified atom stereocenters. The molecule has 11 heteroatoms. The molecule has 0 fully saturated rings. The Labute approximate surface area is 173 Å². The molecule has 1 amide bonds. The Morgan fingerprint density at radius 2 is 1.93 bits per heavy atom. The summed E-state index contributed by atoms with van der Waals surface area (Å²) in [6.07, 6.45) is 0. The minimum atomic E-state index is -3.62. The summed E-state index contributed by atoms with van der Waals surface area (Å²) in [7, 11) is -0.739. The number of benzene rings is 2. The first-order chi connectivity index (χ1) is 13.7. The van der Waals surface area contributed by atoms with E-state index < -0.39 is 10.0 Å². The van der Waals surface area contributed by atoms with Crippen molar-refractivity contribution in [1.82, 2.24) is 24.8 Å². The van der Waals surface area contributed by atoms with Crippen LogP contribution in [0.25, 0.3) is 11.0 Å². The molecule has 0 aliphatic heterocycles. The number of halogens is 1. The van der Waals surface area contributed by atoms with Crippen LogP contribution in [0.5, 0.6) is 0 Å². The van der Waals surface area contributed by atoms with Crippen LogP contribution in [0.2, 0.25) is 5.02 Å². The minimum Gasteiger partial charge on any atom is -0.385 e. The zero-order valence-corrected chi connectivity index (χ0v) is 17.6. The molecule has 1 N–H and O–H groups in total. The van der Waals surface area contributed by atoms with Crippen LogP contribution in [0.4, 0.5) is 0 Å². The molecule has 0 radical (unpaired) electrons. The second-order valence-corrected chi connectivity index (χ2v) is 9.10. The molecule has 0 saturated heterocycles. The largest absolute Gasteiger partial charge is 0.385 e. The highest BCUT2D eigenvalue weighted by atomic mass is 35.5. The highest BCUT2D eigenvalue weighted by Gasteiger charge is 2.19. The third-order valence-electron chi connectivity index (χ3n) is 4.23. The Kier molecular flexibility index (Phi) is 6.06. The van der Waals surface area contributed by atoms with E-state index in [1.807, 2.05) is 19.1 Å². The zero-order valence-electron chi connectivity index (χ0n) is 16.0. The first kappa shape index (κ1) is 21.0. The maximum atomic E-state index is 12.3. The van der Waals surface area contributed by atoms with Crippen molar-refractivity contribution in [3.63, 3.8) is 0 Å². The number of aromatic nitrogens is 3. The van der Waals surface area contributed by atoms with Gasteiger partial charge in [0.1, 0.15) is 11.0 Å². The van der Waals surface area contributed by atoms with E-state index in [9.17, 15) is 13.2 Å². The van der Waals surface area contributed by atoms with Gasteiger partial charge in [-0.15, -0.1) is 5.10 Å². The summed E-state index contributed by atoms with van der Waals surface area (Å²) in [5, 5.41) is 11.2. The molecule has 3 aromatic rings. The Morgan fingerprint density at radius 3 is 2.59 bits per heavy atom. The number of amides is 1. The van der Waals surface area contributed by atoms with Crippen molar-refractivity contribution in [3.8, 4) is 0 Å². The lowest BCUT2D eigenvalue weighted by atomic mass is 10.1. The van der Waals surface area contributed by atoms with Crippen molar-refractivity contribution in [2.75, 3.05) is 20.7 Å². The lowest BCUT2D eigenvalue weighted by Crippen LogP contribution is -2.33. The second kappa shape index (κ2) is 8.36. The summed E-state index contributed by atoms with van der Waals surface area (Å²) in [5.41, 5.74) is 1.68. The number of hydrogen-bond acceptors (Lipinski definition) is 6. The van der Waals surface area contributed by atoms with Gasteiger partial charge >= 0.3 is 0 Å². The Balaban J connectivity index is 1.70. The number of hydrogen-bond donors (Lipinski definition) is 1. The van der Waals surface area contributed by atoms with Crippen LogP contribution in [-0.2, 0) is 14.8 Å². The molecule has 1 heterocycles. The van der Waals surface area contributed by atoms with Gasteiger partial charge < -0.3 is 10.2 Å². The first-order valence-corrected chi connectivity index (χ1v) is 10.5. The van der Waals surface area contributed by atoms with Gasteiger partial charge in [-0.25, -0.2) is 12.7 Å². The maximum absolute atomic E-state index is 12.3. The van der Waals surface area contributed by atoms with Crippen LogP contribution in [0.3, 0.4) is 0 Å². The van der Waals surface area contributed by atoms with Gasteiger partial charge in [0.05, 0.1) is 10.9 Å². The quantitative estimate of drug-likeness (QED) is 0.602. The molecule has 0 bridgehead atoms. The molecule has 0 aliphatic carbocycles. The molecule has 0 saturated carbocycles. The standard InChI is InChI=1S/C18H20ClN5O4S/c1-12(13-4-6-14(19)7-5-13)20-18(25)11-28-24-17-10-15(29(26,27)23(2)3)8-9-16(17)21-22-24/h4-10,12H,11H2,1-3H3,(H,20,25). The molecular formula is C18H20ClN5O4S. The number of carbonyl (C=O) groups is 1. The van der Waals surface area contributed by atoms with Crippen molar-refractivity contribution < 1.29 is 18.0 Å². The van der Waals surface area contributed by atoms with E-state index >= 15 is 0 Å². The predicted molar refractivity (Wildman–Crippen MR) is 108 cm³/mol. The van der Waals surface area contributed by atoms with Crippen molar-refractivity contribution >= 4 is 38.6 Å². The van der Waals surface area contributed by atoms with E-state index in [4.69, 9.17) is 16.4 Å². The van der Waals surface area contributed by atoms with E-state index in [2.05, 4.69) is 15.6 Å². The van der Waals surface area contributed by atoms with Gasteiger partial charge in [0, 0.05) is 19.1 Å². The zero-order chi connectivity index (χ0) is 21.2. The fourth-order valence-electron chi connectivity index (χ4n) is 2.58. The lowest BCUT2D eigenvalue weighted by Gasteiger charge is -2.14. The van der Waals surface area contributed by atoms with Crippen molar-refractivity contribution in [3.05, 3.63) is 53.1 Å². The smallest absolute Gasteiger partial charge is 0.261 e. The second-order valence-electron chi connectivity index (χ2n) is 6.51. The maximum Gasteiger partial charge on any atom is 0.261 e. The van der Waals surface area contributed by atoms with Gasteiger partial charge in [-0.3, -0.25) is 4.79 Å². The van der Waals surface area contributed by atoms with E-state index in [1.165, 1.54) is 32.3 Å². The number of nitrogens with zero attached hydrogens (tertiary/aromatic N) is 4. The number of carbonyl (C=O) groups excluding carboxylic acids is 1. The van der Waals surface area contributed by atoms with Gasteiger partial charge in [0.25, 0.3) is 5.91 Å². The normalized spacial score (nSPS) is 12.9. The molecule has 2 aromatic carbocycles. The predicted octanol–water partition coefficient (Wildman–Crippen LogP) is 1.64. The van der Waals surface area contributed by atoms with Gasteiger partial charge in [-0.05, 0) is 48.0 Å². The van der Waals surface area contributed by atoms with E-state index in [0.29, 0.717) is 16.1 Å². The average molecular weight is 438 g/mol. The van der Waals surface area contributed by atoms with Crippen molar-refractivity contribution in [1.29, 1.82) is 0 Å². The van der Waals surface area contributed by atoms with Gasteiger partial charge in [0.15, 0.2) is 6.61 Å². The molecule has 154 valence electrons. The summed E-state index contributed by atoms with van der Waals surface area (Å²) in [4.78, 5) is 18.7. The Bertz CT molecular complexity index is 1130. The highest BCUT2D eigenvalue weighted by Crippen LogP contribution is 2.19. The molecule has 0 spiro atoms. The van der Waals surface area contributed by atoms with Crippen LogP contribution in [0.15, 0.2) is 47.4 Å². The molecule has 29 heavy (non-hydrogen) atoms. The monoisotopic (exact) mass is 437 g/mol. The molecule has 0 aliphatic rings. The van der Waals surface area contributed by atoms with Gasteiger partial charge in [0.2, 0.25) is 10.0 Å². The fourth-order valence-corrected chi connectivity index (χ4v) is 3.63. The fraction of sp³-hybridized carbons (Fsp3) is 0.278. The van der Waals surface area contributed by atoms with Crippen molar-refractivity contribution in [2.45, 2.75) is 17.9 Å². The molecule has 1 atom stereocenters. The molecule has 3 rings (SSSR count). The van der Waals surface area contributed by atoms with Crippen LogP contribution in [0.1, 0.15) is 18.5 Å². The van der Waals surface area contributed by atoms with Crippen LogP contribution in [0, 0.1) is 0 Å². The average Bonchev–Trinajstić information content (AvgIpc) is 3.09. The SMILES string of the molecule is CC(NC(=O)COn1nnc2ccc(S(=O)(=O)N(C)C)cc21)c1ccc(Cl)cc1. The summed E-state index contributed by atoms with van der Waals surface area (Å²) in [6.45, 7) is 1.52. The Hall–Kier alpha value is -2.69. The minimum absolute atomic E-state index is 0.0722. The third kappa shape index (κ3) is 4.66. The van der Waals surface area contributed by atoms with Gasteiger partial charge in [-0.2, -0.15) is 0 Å². The summed E-state index contributed by atoms with van der Waals surface area (Å²) >= 11 is 5.87. The summed E-state index contributed by atoms with van der Waals surface area (Å²) in [6, 6.07) is 11.3. The van der Waals surface area contributed by atoms with Crippen LogP contribution in [-0.4, -0.2) is 54.5 Å². The first-order valence-electron chi connectivity index (χ1n) is 8.64. The van der Waals surface area contributed by atoms with E-state index in [-0.39, 0.29) is 23.5 Å². The molecular weight excluding hydrogens is 418 g/mol. The summed E-state index contributed by atoms with van der Waals surface area (Å²) < 4.78 is 25.7. The van der Waals surface area contributed by atoms with E-state index in [1.54, 1.807) is 12.1 Å². The number of fused-ring (bicyclic) bond motifs is 1. The summed E-state index contributed by atoms with van der Waals surface area (Å²) in [5.74, 6) is -0.367. The third-order valence-corrected chi connectivity index (χ3v) is 6.29. The van der Waals surface area contributed by atoms with Crippen molar-refractivity contribution in [2.24, 2.45) is 0 Å². The number of rotatable bonds is 7. The van der Waals surface area contributed by atoms with Gasteiger partial charge in [-0.1, -0.05) is 28.6 Å². The molecule has 1 aromatic heterocycles. The number of nitrogens with one attached hydrogen (secondary N) is 1. The topological polar surface area (TPSA) is 106 Å². The lowest BCUT2D eigenvalue weighted by molar-refractivity contribution is -0.127. The van der Waals surface area contributed by atoms with Crippen LogP contribution < -0.4 is 10.2 Å². The highest BCUT2D eigenvalue weighted by molar-refractivity contribution is 7.89. The van der Waals surface area contributed by atoms with Crippen LogP contribution >= 0.6 is 11.6 Å². The van der Waals surface area contributed by atoms with E-state index in [0.717, 1.165) is 14.7 Å². The Morgan fingerprint density at radius 1 is 1.24 bits per heavy atom.